The van der Waals surface area contributed by atoms with E-state index < -0.39 is 0 Å². The van der Waals surface area contributed by atoms with Crippen LogP contribution >= 0.6 is 15.9 Å². The van der Waals surface area contributed by atoms with Gasteiger partial charge in [-0.15, -0.1) is 0 Å². The molecule has 1 heterocycles. The van der Waals surface area contributed by atoms with Crippen LogP contribution in [0, 0.1) is 0 Å². The second-order valence-corrected chi connectivity index (χ2v) is 4.83. The molecular formula is C12H15BrN2O. The van der Waals surface area contributed by atoms with Crippen molar-refractivity contribution in [1.82, 2.24) is 10.6 Å². The maximum atomic E-state index is 12.0. The normalized spacial score (nSPS) is 17.1. The van der Waals surface area contributed by atoms with Crippen molar-refractivity contribution in [2.75, 3.05) is 13.1 Å². The lowest BCUT2D eigenvalue weighted by Crippen LogP contribution is -2.42. The zero-order chi connectivity index (χ0) is 11.4. The SMILES string of the molecule is O=C(NC1CCNCC1)c1ccccc1Br. The number of hydrogen-bond acceptors (Lipinski definition) is 2. The molecule has 16 heavy (non-hydrogen) atoms. The van der Waals surface area contributed by atoms with Crippen molar-refractivity contribution in [2.24, 2.45) is 0 Å². The Bertz CT molecular complexity index is 375. The summed E-state index contributed by atoms with van der Waals surface area (Å²) in [7, 11) is 0. The van der Waals surface area contributed by atoms with Gasteiger partial charge in [0.1, 0.15) is 0 Å². The summed E-state index contributed by atoms with van der Waals surface area (Å²) in [5.41, 5.74) is 0.709. The number of benzene rings is 1. The molecule has 0 saturated carbocycles. The predicted molar refractivity (Wildman–Crippen MR) is 67.5 cm³/mol. The molecule has 2 N–H and O–H groups in total. The van der Waals surface area contributed by atoms with Gasteiger partial charge in [0.15, 0.2) is 0 Å². The van der Waals surface area contributed by atoms with Crippen molar-refractivity contribution in [1.29, 1.82) is 0 Å². The molecule has 0 aliphatic carbocycles. The number of nitrogens with one attached hydrogen (secondary N) is 2. The summed E-state index contributed by atoms with van der Waals surface area (Å²) in [5.74, 6) is 0.0133. The second-order valence-electron chi connectivity index (χ2n) is 3.98. The van der Waals surface area contributed by atoms with E-state index in [0.29, 0.717) is 11.6 Å². The minimum atomic E-state index is 0.0133. The first kappa shape index (κ1) is 11.6. The van der Waals surface area contributed by atoms with Gasteiger partial charge < -0.3 is 10.6 Å². The highest BCUT2D eigenvalue weighted by molar-refractivity contribution is 9.10. The summed E-state index contributed by atoms with van der Waals surface area (Å²) >= 11 is 3.39. The molecule has 1 aromatic carbocycles. The van der Waals surface area contributed by atoms with E-state index in [4.69, 9.17) is 0 Å². The van der Waals surface area contributed by atoms with Crippen molar-refractivity contribution >= 4 is 21.8 Å². The van der Waals surface area contributed by atoms with Gasteiger partial charge in [-0.25, -0.2) is 0 Å². The minimum Gasteiger partial charge on any atom is -0.349 e. The van der Waals surface area contributed by atoms with Gasteiger partial charge in [-0.1, -0.05) is 12.1 Å². The number of hydrogen-bond donors (Lipinski definition) is 2. The first-order valence-corrected chi connectivity index (χ1v) is 6.33. The predicted octanol–water partition coefficient (Wildman–Crippen LogP) is 1.93. The highest BCUT2D eigenvalue weighted by Crippen LogP contribution is 2.16. The molecule has 0 spiro atoms. The highest BCUT2D eigenvalue weighted by atomic mass is 79.9. The Morgan fingerprint density at radius 3 is 2.69 bits per heavy atom. The van der Waals surface area contributed by atoms with E-state index in [-0.39, 0.29) is 5.91 Å². The van der Waals surface area contributed by atoms with Crippen LogP contribution in [0.5, 0.6) is 0 Å². The molecule has 0 unspecified atom stereocenters. The second kappa shape index (κ2) is 5.46. The van der Waals surface area contributed by atoms with Crippen LogP contribution in [0.4, 0.5) is 0 Å². The van der Waals surface area contributed by atoms with Crippen molar-refractivity contribution in [3.05, 3.63) is 34.3 Å². The summed E-state index contributed by atoms with van der Waals surface area (Å²) < 4.78 is 0.849. The number of halogens is 1. The molecule has 1 amide bonds. The van der Waals surface area contributed by atoms with Crippen LogP contribution < -0.4 is 10.6 Å². The van der Waals surface area contributed by atoms with Crippen LogP contribution in [0.25, 0.3) is 0 Å². The highest BCUT2D eigenvalue weighted by Gasteiger charge is 2.17. The van der Waals surface area contributed by atoms with Gasteiger partial charge in [0.2, 0.25) is 0 Å². The third-order valence-corrected chi connectivity index (χ3v) is 3.48. The van der Waals surface area contributed by atoms with Gasteiger partial charge in [0, 0.05) is 10.5 Å². The lowest BCUT2D eigenvalue weighted by Gasteiger charge is -2.23. The van der Waals surface area contributed by atoms with Gasteiger partial charge in [0.25, 0.3) is 5.91 Å². The number of piperidine rings is 1. The molecule has 0 radical (unpaired) electrons. The summed E-state index contributed by atoms with van der Waals surface area (Å²) in [6, 6.07) is 7.81. The Morgan fingerprint density at radius 1 is 1.31 bits per heavy atom. The van der Waals surface area contributed by atoms with E-state index in [1.807, 2.05) is 24.3 Å². The van der Waals surface area contributed by atoms with Gasteiger partial charge in [-0.05, 0) is 54.0 Å². The number of carbonyl (C=O) groups excluding carboxylic acids is 1. The van der Waals surface area contributed by atoms with Crippen molar-refractivity contribution in [2.45, 2.75) is 18.9 Å². The van der Waals surface area contributed by atoms with Gasteiger partial charge in [0.05, 0.1) is 5.56 Å². The molecule has 3 nitrogen and oxygen atoms in total. The van der Waals surface area contributed by atoms with Crippen molar-refractivity contribution < 1.29 is 4.79 Å². The quantitative estimate of drug-likeness (QED) is 0.870. The van der Waals surface area contributed by atoms with E-state index in [9.17, 15) is 4.79 Å². The smallest absolute Gasteiger partial charge is 0.252 e. The fourth-order valence-corrected chi connectivity index (χ4v) is 2.34. The summed E-state index contributed by atoms with van der Waals surface area (Å²) in [6.45, 7) is 1.97. The molecule has 1 aliphatic rings. The monoisotopic (exact) mass is 282 g/mol. The molecule has 1 fully saturated rings. The van der Waals surface area contributed by atoms with Crippen LogP contribution in [0.3, 0.4) is 0 Å². The van der Waals surface area contributed by atoms with Crippen molar-refractivity contribution in [3.8, 4) is 0 Å². The average molecular weight is 283 g/mol. The Morgan fingerprint density at radius 2 is 2.00 bits per heavy atom. The summed E-state index contributed by atoms with van der Waals surface area (Å²) in [6.07, 6.45) is 2.02. The van der Waals surface area contributed by atoms with Crippen LogP contribution in [0.15, 0.2) is 28.7 Å². The molecule has 1 aliphatic heterocycles. The molecule has 2 rings (SSSR count). The molecule has 0 aromatic heterocycles. The van der Waals surface area contributed by atoms with Crippen LogP contribution in [-0.4, -0.2) is 25.0 Å². The topological polar surface area (TPSA) is 41.1 Å². The van der Waals surface area contributed by atoms with Crippen LogP contribution in [-0.2, 0) is 0 Å². The zero-order valence-electron chi connectivity index (χ0n) is 9.00. The first-order valence-electron chi connectivity index (χ1n) is 5.53. The Kier molecular flexibility index (Phi) is 3.96. The number of carbonyl (C=O) groups is 1. The molecular weight excluding hydrogens is 268 g/mol. The Labute approximate surface area is 104 Å². The fourth-order valence-electron chi connectivity index (χ4n) is 1.87. The van der Waals surface area contributed by atoms with Gasteiger partial charge in [-0.3, -0.25) is 4.79 Å². The Hall–Kier alpha value is -0.870. The van der Waals surface area contributed by atoms with E-state index in [1.165, 1.54) is 0 Å². The van der Waals surface area contributed by atoms with Crippen LogP contribution in [0.1, 0.15) is 23.2 Å². The van der Waals surface area contributed by atoms with Gasteiger partial charge >= 0.3 is 0 Å². The summed E-state index contributed by atoms with van der Waals surface area (Å²) in [5, 5.41) is 6.35. The largest absolute Gasteiger partial charge is 0.349 e. The van der Waals surface area contributed by atoms with E-state index in [1.54, 1.807) is 0 Å². The third kappa shape index (κ3) is 2.83. The Balaban J connectivity index is 2.00. The molecule has 0 bridgehead atoms. The molecule has 1 aromatic rings. The molecule has 0 atom stereocenters. The van der Waals surface area contributed by atoms with E-state index >= 15 is 0 Å². The standard InChI is InChI=1S/C12H15BrN2O/c13-11-4-2-1-3-10(11)12(16)15-9-5-7-14-8-6-9/h1-4,9,14H,5-8H2,(H,15,16). The number of rotatable bonds is 2. The minimum absolute atomic E-state index is 0.0133. The summed E-state index contributed by atoms with van der Waals surface area (Å²) in [4.78, 5) is 12.0. The van der Waals surface area contributed by atoms with Gasteiger partial charge in [-0.2, -0.15) is 0 Å². The van der Waals surface area contributed by atoms with Crippen LogP contribution in [0.2, 0.25) is 0 Å². The molecule has 1 saturated heterocycles. The maximum Gasteiger partial charge on any atom is 0.252 e. The van der Waals surface area contributed by atoms with E-state index in [0.717, 1.165) is 30.4 Å². The fraction of sp³-hybridized carbons (Fsp3) is 0.417. The van der Waals surface area contributed by atoms with E-state index in [2.05, 4.69) is 26.6 Å². The number of amides is 1. The maximum absolute atomic E-state index is 12.0. The lowest BCUT2D eigenvalue weighted by atomic mass is 10.1. The lowest BCUT2D eigenvalue weighted by molar-refractivity contribution is 0.0929. The molecule has 86 valence electrons. The molecule has 4 heteroatoms. The van der Waals surface area contributed by atoms with Crippen molar-refractivity contribution in [3.63, 3.8) is 0 Å². The average Bonchev–Trinajstić information content (AvgIpc) is 2.31. The zero-order valence-corrected chi connectivity index (χ0v) is 10.6. The first-order chi connectivity index (χ1) is 7.77. The third-order valence-electron chi connectivity index (χ3n) is 2.79.